The second-order valence-corrected chi connectivity index (χ2v) is 6.67. The number of rotatable bonds is 5. The van der Waals surface area contributed by atoms with Gasteiger partial charge in [-0.25, -0.2) is 0 Å². The highest BCUT2D eigenvalue weighted by Gasteiger charge is 2.53. The van der Waals surface area contributed by atoms with Crippen molar-refractivity contribution in [2.45, 2.75) is 13.0 Å². The molecule has 1 atom stereocenters. The Kier molecular flexibility index (Phi) is 5.26. The van der Waals surface area contributed by atoms with E-state index in [9.17, 15) is 24.3 Å². The average Bonchev–Trinajstić information content (AvgIpc) is 2.78. The third kappa shape index (κ3) is 3.38. The van der Waals surface area contributed by atoms with Gasteiger partial charge in [-0.1, -0.05) is 48.5 Å². The van der Waals surface area contributed by atoms with Gasteiger partial charge in [0.2, 0.25) is 0 Å². The van der Waals surface area contributed by atoms with Crippen LogP contribution >= 0.6 is 0 Å². The number of benzene rings is 2. The maximum Gasteiger partial charge on any atom is 0.322 e. The van der Waals surface area contributed by atoms with Crippen LogP contribution < -0.4 is 0 Å². The zero-order valence-corrected chi connectivity index (χ0v) is 15.3. The van der Waals surface area contributed by atoms with Gasteiger partial charge in [0.1, 0.15) is 0 Å². The zero-order valence-electron chi connectivity index (χ0n) is 15.3. The molecule has 144 valence electrons. The predicted molar refractivity (Wildman–Crippen MR) is 98.7 cm³/mol. The normalized spacial score (nSPS) is 19.0. The number of aliphatic carboxylic acids is 1. The summed E-state index contributed by atoms with van der Waals surface area (Å²) in [5.41, 5.74) is -1.07. The minimum atomic E-state index is -2.02. The molecule has 1 aliphatic heterocycles. The average molecular weight is 381 g/mol. The molecule has 0 saturated heterocycles. The molecule has 7 heteroatoms. The number of nitrogens with zero attached hydrogens (tertiary/aromatic N) is 1. The molecule has 3 rings (SSSR count). The molecule has 0 radical (unpaired) electrons. The van der Waals surface area contributed by atoms with Gasteiger partial charge in [-0.15, -0.1) is 0 Å². The molecule has 2 aromatic carbocycles. The maximum atomic E-state index is 13.3. The Hall–Kier alpha value is -3.48. The SMILES string of the molecule is COC(=O)C1(CC(=O)O)CN(Cc2ccccc2)C(=O)c2ccccc2C1=O. The summed E-state index contributed by atoms with van der Waals surface area (Å²) in [5.74, 6) is -3.46. The largest absolute Gasteiger partial charge is 0.481 e. The molecule has 7 nitrogen and oxygen atoms in total. The van der Waals surface area contributed by atoms with Gasteiger partial charge in [0.25, 0.3) is 5.91 Å². The molecule has 0 aliphatic carbocycles. The third-order valence-electron chi connectivity index (χ3n) is 4.83. The molecule has 1 amide bonds. The van der Waals surface area contributed by atoms with Gasteiger partial charge < -0.3 is 14.7 Å². The number of hydrogen-bond acceptors (Lipinski definition) is 5. The van der Waals surface area contributed by atoms with Crippen LogP contribution in [0.25, 0.3) is 0 Å². The highest BCUT2D eigenvalue weighted by atomic mass is 16.5. The van der Waals surface area contributed by atoms with Crippen molar-refractivity contribution in [2.75, 3.05) is 13.7 Å². The summed E-state index contributed by atoms with van der Waals surface area (Å²) in [6.45, 7) is -0.257. The van der Waals surface area contributed by atoms with E-state index in [-0.39, 0.29) is 24.2 Å². The van der Waals surface area contributed by atoms with Crippen LogP contribution in [0.4, 0.5) is 0 Å². The van der Waals surface area contributed by atoms with Crippen LogP contribution in [0.15, 0.2) is 54.6 Å². The van der Waals surface area contributed by atoms with Crippen LogP contribution in [0.2, 0.25) is 0 Å². The number of ketones is 1. The Bertz CT molecular complexity index is 939. The summed E-state index contributed by atoms with van der Waals surface area (Å²) >= 11 is 0. The smallest absolute Gasteiger partial charge is 0.322 e. The van der Waals surface area contributed by atoms with Crippen LogP contribution in [0.3, 0.4) is 0 Å². The molecule has 2 aromatic rings. The van der Waals surface area contributed by atoms with Crippen molar-refractivity contribution >= 4 is 23.6 Å². The zero-order chi connectivity index (χ0) is 20.3. The summed E-state index contributed by atoms with van der Waals surface area (Å²) in [6.07, 6.45) is -0.772. The monoisotopic (exact) mass is 381 g/mol. The summed E-state index contributed by atoms with van der Waals surface area (Å²) in [5, 5.41) is 9.41. The fourth-order valence-corrected chi connectivity index (χ4v) is 3.52. The van der Waals surface area contributed by atoms with Crippen molar-refractivity contribution in [3.8, 4) is 0 Å². The first-order valence-electron chi connectivity index (χ1n) is 8.66. The second kappa shape index (κ2) is 7.64. The predicted octanol–water partition coefficient (Wildman–Crippen LogP) is 2.16. The van der Waals surface area contributed by atoms with E-state index in [1.165, 1.54) is 17.0 Å². The van der Waals surface area contributed by atoms with Crippen LogP contribution in [0.1, 0.15) is 32.7 Å². The Morgan fingerprint density at radius 2 is 1.64 bits per heavy atom. The quantitative estimate of drug-likeness (QED) is 0.629. The van der Waals surface area contributed by atoms with E-state index in [1.54, 1.807) is 12.1 Å². The van der Waals surface area contributed by atoms with Crippen molar-refractivity contribution in [3.05, 3.63) is 71.3 Å². The van der Waals surface area contributed by atoms with E-state index in [2.05, 4.69) is 0 Å². The van der Waals surface area contributed by atoms with Crippen LogP contribution in [0, 0.1) is 5.41 Å². The van der Waals surface area contributed by atoms with E-state index in [0.29, 0.717) is 0 Å². The molecular formula is C21H19NO6. The molecule has 1 N–H and O–H groups in total. The van der Waals surface area contributed by atoms with Gasteiger partial charge in [0.15, 0.2) is 11.2 Å². The minimum absolute atomic E-state index is 0.0229. The van der Waals surface area contributed by atoms with E-state index in [4.69, 9.17) is 4.74 Å². The highest BCUT2D eigenvalue weighted by molar-refractivity contribution is 6.20. The molecule has 0 spiro atoms. The lowest BCUT2D eigenvalue weighted by Crippen LogP contribution is -2.49. The van der Waals surface area contributed by atoms with Gasteiger partial charge in [-0.05, 0) is 11.6 Å². The van der Waals surface area contributed by atoms with E-state index in [1.807, 2.05) is 30.3 Å². The first kappa shape index (κ1) is 19.3. The first-order chi connectivity index (χ1) is 13.4. The van der Waals surface area contributed by atoms with Crippen LogP contribution in [0.5, 0.6) is 0 Å². The first-order valence-corrected chi connectivity index (χ1v) is 8.66. The fourth-order valence-electron chi connectivity index (χ4n) is 3.52. The summed E-state index contributed by atoms with van der Waals surface area (Å²) in [6, 6.07) is 15.2. The molecule has 0 saturated carbocycles. The second-order valence-electron chi connectivity index (χ2n) is 6.67. The Morgan fingerprint density at radius 3 is 2.25 bits per heavy atom. The Morgan fingerprint density at radius 1 is 1.04 bits per heavy atom. The maximum absolute atomic E-state index is 13.3. The number of hydrogen-bond donors (Lipinski definition) is 1. The van der Waals surface area contributed by atoms with Crippen LogP contribution in [-0.2, 0) is 20.9 Å². The van der Waals surface area contributed by atoms with Crippen molar-refractivity contribution < 1.29 is 29.0 Å². The number of esters is 1. The van der Waals surface area contributed by atoms with Gasteiger partial charge in [0.05, 0.1) is 19.1 Å². The van der Waals surface area contributed by atoms with Crippen molar-refractivity contribution in [1.82, 2.24) is 4.90 Å². The lowest BCUT2D eigenvalue weighted by atomic mass is 9.77. The lowest BCUT2D eigenvalue weighted by Gasteiger charge is -2.31. The molecule has 0 bridgehead atoms. The summed E-state index contributed by atoms with van der Waals surface area (Å²) in [4.78, 5) is 52.0. The minimum Gasteiger partial charge on any atom is -0.481 e. The number of methoxy groups -OCH3 is 1. The highest BCUT2D eigenvalue weighted by Crippen LogP contribution is 2.36. The van der Waals surface area contributed by atoms with Gasteiger partial charge in [-0.3, -0.25) is 19.2 Å². The van der Waals surface area contributed by atoms with E-state index >= 15 is 0 Å². The molecular weight excluding hydrogens is 362 g/mol. The van der Waals surface area contributed by atoms with Crippen molar-refractivity contribution in [3.63, 3.8) is 0 Å². The fraction of sp³-hybridized carbons (Fsp3) is 0.238. The van der Waals surface area contributed by atoms with E-state index < -0.39 is 35.5 Å². The number of amides is 1. The molecule has 1 aliphatic rings. The lowest BCUT2D eigenvalue weighted by molar-refractivity contribution is -0.156. The molecule has 1 heterocycles. The number of ether oxygens (including phenoxy) is 1. The van der Waals surface area contributed by atoms with Crippen molar-refractivity contribution in [2.24, 2.45) is 5.41 Å². The van der Waals surface area contributed by atoms with Gasteiger partial charge in [0, 0.05) is 18.7 Å². The standard InChI is InChI=1S/C21H19NO6/c1-28-20(27)21(11-17(23)24)13-22(12-14-7-3-2-4-8-14)19(26)16-10-6-5-9-15(16)18(21)25/h2-10H,11-13H2,1H3,(H,23,24). The third-order valence-corrected chi connectivity index (χ3v) is 4.83. The number of carbonyl (C=O) groups excluding carboxylic acids is 3. The van der Waals surface area contributed by atoms with Crippen LogP contribution in [-0.4, -0.2) is 47.3 Å². The van der Waals surface area contributed by atoms with Gasteiger partial charge >= 0.3 is 11.9 Å². The molecule has 0 fully saturated rings. The Balaban J connectivity index is 2.17. The number of Topliss-reactive ketones (excluding diaryl/α,β-unsaturated/α-hetero) is 1. The number of fused-ring (bicyclic) bond motifs is 1. The summed E-state index contributed by atoms with van der Waals surface area (Å²) in [7, 11) is 1.10. The Labute approximate surface area is 161 Å². The van der Waals surface area contributed by atoms with Gasteiger partial charge in [-0.2, -0.15) is 0 Å². The molecule has 1 unspecified atom stereocenters. The topological polar surface area (TPSA) is 101 Å². The van der Waals surface area contributed by atoms with Crippen molar-refractivity contribution in [1.29, 1.82) is 0 Å². The molecule has 28 heavy (non-hydrogen) atoms. The number of carboxylic acid groups (broad SMARTS) is 1. The number of carbonyl (C=O) groups is 4. The summed E-state index contributed by atoms with van der Waals surface area (Å²) < 4.78 is 4.81. The number of carboxylic acids is 1. The molecule has 0 aromatic heterocycles. The van der Waals surface area contributed by atoms with E-state index in [0.717, 1.165) is 12.7 Å².